The zero-order valence-corrected chi connectivity index (χ0v) is 20.4. The molecule has 0 aliphatic rings. The predicted molar refractivity (Wildman–Crippen MR) is 127 cm³/mol. The quantitative estimate of drug-likeness (QED) is 0.461. The predicted octanol–water partition coefficient (Wildman–Crippen LogP) is 8.17. The van der Waals surface area contributed by atoms with Gasteiger partial charge < -0.3 is 4.79 Å². The van der Waals surface area contributed by atoms with Gasteiger partial charge in [0.2, 0.25) is 0 Å². The summed E-state index contributed by atoms with van der Waals surface area (Å²) in [4.78, 5) is 20.2. The van der Waals surface area contributed by atoms with Gasteiger partial charge in [0, 0.05) is 5.56 Å². The number of rotatable bonds is 1. The van der Waals surface area contributed by atoms with Gasteiger partial charge in [-0.1, -0.05) is 95.6 Å². The largest absolute Gasteiger partial charge is 0.300 e. The van der Waals surface area contributed by atoms with Crippen molar-refractivity contribution in [2.75, 3.05) is 0 Å². The fourth-order valence-corrected chi connectivity index (χ4v) is 1.45. The van der Waals surface area contributed by atoms with Crippen LogP contribution in [-0.2, 0) is 4.79 Å². The van der Waals surface area contributed by atoms with E-state index in [0.717, 1.165) is 5.56 Å². The van der Waals surface area contributed by atoms with E-state index in [1.54, 1.807) is 6.92 Å². The van der Waals surface area contributed by atoms with Crippen molar-refractivity contribution in [2.24, 2.45) is 0 Å². The van der Waals surface area contributed by atoms with Crippen LogP contribution in [0.2, 0.25) is 0 Å². The van der Waals surface area contributed by atoms with Crippen LogP contribution >= 0.6 is 0 Å². The summed E-state index contributed by atoms with van der Waals surface area (Å²) in [5.74, 6) is 0.292. The Morgan fingerprint density at radius 2 is 0.857 bits per heavy atom. The molecule has 0 bridgehead atoms. The number of carbonyl (C=O) groups is 2. The van der Waals surface area contributed by atoms with E-state index in [0.29, 0.717) is 0 Å². The topological polar surface area (TPSA) is 34.1 Å². The summed E-state index contributed by atoms with van der Waals surface area (Å²) in [6.07, 6.45) is 0. The highest BCUT2D eigenvalue weighted by atomic mass is 16.1. The van der Waals surface area contributed by atoms with Gasteiger partial charge in [-0.05, 0) is 52.7 Å². The van der Waals surface area contributed by atoms with Crippen molar-refractivity contribution in [3.8, 4) is 0 Å². The Balaban J connectivity index is -0.000000144. The lowest BCUT2D eigenvalue weighted by molar-refractivity contribution is -0.115. The molecule has 2 rings (SSSR count). The second kappa shape index (κ2) is 24.8. The Hall–Kier alpha value is -2.22. The van der Waals surface area contributed by atoms with E-state index in [-0.39, 0.29) is 11.6 Å². The van der Waals surface area contributed by atoms with Gasteiger partial charge in [-0.25, -0.2) is 0 Å². The SMILES string of the molecule is CC.CC.CC.CC(=O)c1ccc(C)cc1.CC(C)=O.Cc1ccccc1C. The Morgan fingerprint density at radius 1 is 0.571 bits per heavy atom. The van der Waals surface area contributed by atoms with Crippen molar-refractivity contribution in [3.05, 3.63) is 70.8 Å². The van der Waals surface area contributed by atoms with Crippen molar-refractivity contribution < 1.29 is 9.59 Å². The molecule has 0 saturated carbocycles. The van der Waals surface area contributed by atoms with E-state index in [2.05, 4.69) is 38.1 Å². The molecule has 2 aromatic rings. The molecule has 0 saturated heterocycles. The second-order valence-corrected chi connectivity index (χ2v) is 5.41. The van der Waals surface area contributed by atoms with Crippen LogP contribution in [0.4, 0.5) is 0 Å². The van der Waals surface area contributed by atoms with E-state index < -0.39 is 0 Å². The number of carbonyl (C=O) groups excluding carboxylic acids is 2. The minimum Gasteiger partial charge on any atom is -0.300 e. The number of ketones is 2. The molecule has 0 aromatic heterocycles. The van der Waals surface area contributed by atoms with Crippen LogP contribution in [0, 0.1) is 20.8 Å². The van der Waals surface area contributed by atoms with E-state index in [4.69, 9.17) is 0 Å². The maximum Gasteiger partial charge on any atom is 0.159 e. The van der Waals surface area contributed by atoms with E-state index in [9.17, 15) is 9.59 Å². The van der Waals surface area contributed by atoms with Crippen LogP contribution in [0.3, 0.4) is 0 Å². The fraction of sp³-hybridized carbons (Fsp3) is 0.462. The van der Waals surface area contributed by atoms with Gasteiger partial charge in [-0.15, -0.1) is 0 Å². The van der Waals surface area contributed by atoms with E-state index in [1.165, 1.54) is 30.5 Å². The first-order chi connectivity index (χ1) is 13.2. The molecule has 160 valence electrons. The molecule has 0 N–H and O–H groups in total. The molecule has 2 aromatic carbocycles. The Bertz CT molecular complexity index is 571. The van der Waals surface area contributed by atoms with Gasteiger partial charge in [0.15, 0.2) is 5.78 Å². The first kappa shape index (κ1) is 33.4. The molecule has 0 spiro atoms. The van der Waals surface area contributed by atoms with Crippen LogP contribution in [0.15, 0.2) is 48.5 Å². The molecule has 2 heteroatoms. The third-order valence-electron chi connectivity index (χ3n) is 2.88. The van der Waals surface area contributed by atoms with Crippen molar-refractivity contribution in [3.63, 3.8) is 0 Å². The van der Waals surface area contributed by atoms with Gasteiger partial charge in [0.25, 0.3) is 0 Å². The number of Topliss-reactive ketones (excluding diaryl/α,β-unsaturated/α-hetero) is 2. The maximum atomic E-state index is 10.8. The van der Waals surface area contributed by atoms with Crippen molar-refractivity contribution >= 4 is 11.6 Å². The average Bonchev–Trinajstić information content (AvgIpc) is 2.69. The minimum atomic E-state index is 0.125. The van der Waals surface area contributed by atoms with Crippen LogP contribution in [0.25, 0.3) is 0 Å². The van der Waals surface area contributed by atoms with Gasteiger partial charge >= 0.3 is 0 Å². The number of hydrogen-bond donors (Lipinski definition) is 0. The molecule has 0 aliphatic carbocycles. The Kier molecular flexibility index (Phi) is 29.5. The standard InChI is InChI=1S/C9H10O.C8H10.C3H6O.3C2H6/c1-7-3-5-9(6-4-7)8(2)10;1-7-5-3-4-6-8(7)2;1-3(2)4;3*1-2/h3-6H,1-2H3;3-6H,1-2H3;1-2H3;3*1-2H3. The van der Waals surface area contributed by atoms with Crippen molar-refractivity contribution in [2.45, 2.75) is 83.1 Å². The van der Waals surface area contributed by atoms with E-state index >= 15 is 0 Å². The fourth-order valence-electron chi connectivity index (χ4n) is 1.45. The molecule has 0 unspecified atom stereocenters. The lowest BCUT2D eigenvalue weighted by Crippen LogP contribution is -1.90. The van der Waals surface area contributed by atoms with Crippen LogP contribution < -0.4 is 0 Å². The number of aryl methyl sites for hydroxylation is 3. The third kappa shape index (κ3) is 23.8. The summed E-state index contributed by atoms with van der Waals surface area (Å²) in [5, 5.41) is 0. The smallest absolute Gasteiger partial charge is 0.159 e. The zero-order valence-electron chi connectivity index (χ0n) is 20.4. The molecule has 0 atom stereocenters. The molecule has 0 fully saturated rings. The Labute approximate surface area is 175 Å². The summed E-state index contributed by atoms with van der Waals surface area (Å²) >= 11 is 0. The van der Waals surface area contributed by atoms with Crippen LogP contribution in [-0.4, -0.2) is 11.6 Å². The molecular weight excluding hydrogens is 344 g/mol. The first-order valence-electron chi connectivity index (χ1n) is 10.3. The second-order valence-electron chi connectivity index (χ2n) is 5.41. The highest BCUT2D eigenvalue weighted by molar-refractivity contribution is 5.93. The van der Waals surface area contributed by atoms with Crippen molar-refractivity contribution in [1.82, 2.24) is 0 Å². The molecule has 0 aliphatic heterocycles. The summed E-state index contributed by atoms with van der Waals surface area (Å²) in [6.45, 7) is 22.9. The maximum absolute atomic E-state index is 10.8. The molecule has 2 nitrogen and oxygen atoms in total. The minimum absolute atomic E-state index is 0.125. The molecule has 0 heterocycles. The van der Waals surface area contributed by atoms with Gasteiger partial charge in [0.1, 0.15) is 5.78 Å². The monoisotopic (exact) mass is 388 g/mol. The highest BCUT2D eigenvalue weighted by Gasteiger charge is 1.95. The van der Waals surface area contributed by atoms with Crippen LogP contribution in [0.1, 0.15) is 89.4 Å². The Morgan fingerprint density at radius 3 is 1.07 bits per heavy atom. The van der Waals surface area contributed by atoms with Gasteiger partial charge in [-0.2, -0.15) is 0 Å². The number of hydrogen-bond acceptors (Lipinski definition) is 2. The molecular formula is C26H44O2. The normalized spacial score (nSPS) is 7.57. The summed E-state index contributed by atoms with van der Waals surface area (Å²) in [5.41, 5.74) is 4.70. The lowest BCUT2D eigenvalue weighted by Gasteiger charge is -1.93. The summed E-state index contributed by atoms with van der Waals surface area (Å²) in [6, 6.07) is 15.9. The first-order valence-corrected chi connectivity index (χ1v) is 10.3. The lowest BCUT2D eigenvalue weighted by atomic mass is 10.1. The summed E-state index contributed by atoms with van der Waals surface area (Å²) in [7, 11) is 0. The molecule has 0 radical (unpaired) electrons. The summed E-state index contributed by atoms with van der Waals surface area (Å²) < 4.78 is 0. The van der Waals surface area contributed by atoms with Gasteiger partial charge in [0.05, 0.1) is 0 Å². The third-order valence-corrected chi connectivity index (χ3v) is 2.88. The van der Waals surface area contributed by atoms with Gasteiger partial charge in [-0.3, -0.25) is 4.79 Å². The number of benzene rings is 2. The zero-order chi connectivity index (χ0) is 23.1. The average molecular weight is 389 g/mol. The van der Waals surface area contributed by atoms with Crippen molar-refractivity contribution in [1.29, 1.82) is 0 Å². The molecule has 0 amide bonds. The highest BCUT2D eigenvalue weighted by Crippen LogP contribution is 2.03. The molecule has 28 heavy (non-hydrogen) atoms. The van der Waals surface area contributed by atoms with Crippen LogP contribution in [0.5, 0.6) is 0 Å². The van der Waals surface area contributed by atoms with E-state index in [1.807, 2.05) is 72.7 Å².